The first-order chi connectivity index (χ1) is 23.8. The molecule has 0 N–H and O–H groups in total. The summed E-state index contributed by atoms with van der Waals surface area (Å²) in [5, 5.41) is 7.54. The Labute approximate surface area is 278 Å². The van der Waals surface area contributed by atoms with Crippen LogP contribution in [0.4, 0.5) is 0 Å². The minimum absolute atomic E-state index is 1.16. The summed E-state index contributed by atoms with van der Waals surface area (Å²) in [4.78, 5) is 0. The normalized spacial score (nSPS) is 11.8. The number of hydrogen-bond acceptors (Lipinski definition) is 0. The maximum Gasteiger partial charge on any atom is 0.0562 e. The van der Waals surface area contributed by atoms with E-state index in [4.69, 9.17) is 0 Å². The molecule has 0 aliphatic heterocycles. The van der Waals surface area contributed by atoms with Crippen molar-refractivity contribution in [3.8, 4) is 33.6 Å². The lowest BCUT2D eigenvalue weighted by molar-refractivity contribution is 1.17. The minimum atomic E-state index is 1.16. The third-order valence-corrected chi connectivity index (χ3v) is 9.87. The molecule has 2 heteroatoms. The summed E-state index contributed by atoms with van der Waals surface area (Å²) in [5.74, 6) is 0. The lowest BCUT2D eigenvalue weighted by Crippen LogP contribution is -1.98. The molecule has 0 atom stereocenters. The Bertz CT molecular complexity index is 2810. The van der Waals surface area contributed by atoms with Gasteiger partial charge in [0.2, 0.25) is 0 Å². The first kappa shape index (κ1) is 26.8. The highest BCUT2D eigenvalue weighted by molar-refractivity contribution is 6.21. The molecule has 0 aliphatic rings. The van der Waals surface area contributed by atoms with Gasteiger partial charge in [0.05, 0.1) is 27.8 Å². The highest BCUT2D eigenvalue weighted by Gasteiger charge is 2.20. The van der Waals surface area contributed by atoms with Crippen molar-refractivity contribution in [2.24, 2.45) is 0 Å². The van der Waals surface area contributed by atoms with Crippen LogP contribution in [-0.2, 0) is 0 Å². The van der Waals surface area contributed by atoms with Crippen molar-refractivity contribution in [3.63, 3.8) is 0 Å². The summed E-state index contributed by atoms with van der Waals surface area (Å²) >= 11 is 0. The van der Waals surface area contributed by atoms with Crippen LogP contribution in [0.5, 0.6) is 0 Å². The molecular formula is C46H30N2. The molecule has 2 aromatic heterocycles. The van der Waals surface area contributed by atoms with Crippen LogP contribution in [0.25, 0.3) is 88.0 Å². The van der Waals surface area contributed by atoms with Gasteiger partial charge in [0, 0.05) is 32.8 Å². The Hall–Kier alpha value is -6.38. The monoisotopic (exact) mass is 610 g/mol. The van der Waals surface area contributed by atoms with Gasteiger partial charge in [-0.05, 0) is 82.1 Å². The van der Waals surface area contributed by atoms with E-state index in [1.54, 1.807) is 0 Å². The van der Waals surface area contributed by atoms with E-state index in [-0.39, 0.29) is 0 Å². The molecule has 0 saturated carbocycles. The van der Waals surface area contributed by atoms with Gasteiger partial charge in [-0.1, -0.05) is 127 Å². The van der Waals surface area contributed by atoms with E-state index < -0.39 is 0 Å². The SMILES string of the molecule is c1ccc(-c2ccc(-n3c4ccccc4c4cc5c6cc7ccccc7cc6n(-c6ccccc6)c5cc43)c(-c3ccccc3)c2)cc1. The molecule has 10 rings (SSSR count). The largest absolute Gasteiger partial charge is 0.309 e. The summed E-state index contributed by atoms with van der Waals surface area (Å²) in [6.45, 7) is 0. The van der Waals surface area contributed by atoms with E-state index >= 15 is 0 Å². The summed E-state index contributed by atoms with van der Waals surface area (Å²) in [7, 11) is 0. The zero-order chi connectivity index (χ0) is 31.6. The quantitative estimate of drug-likeness (QED) is 0.188. The van der Waals surface area contributed by atoms with Crippen LogP contribution in [-0.4, -0.2) is 9.13 Å². The molecule has 224 valence electrons. The third-order valence-electron chi connectivity index (χ3n) is 9.87. The Balaban J connectivity index is 1.34. The molecule has 2 nitrogen and oxygen atoms in total. The Kier molecular flexibility index (Phi) is 5.91. The summed E-state index contributed by atoms with van der Waals surface area (Å²) in [5.41, 5.74) is 12.0. The minimum Gasteiger partial charge on any atom is -0.309 e. The van der Waals surface area contributed by atoms with Gasteiger partial charge in [-0.3, -0.25) is 0 Å². The van der Waals surface area contributed by atoms with E-state index in [0.29, 0.717) is 0 Å². The van der Waals surface area contributed by atoms with Gasteiger partial charge in [0.25, 0.3) is 0 Å². The highest BCUT2D eigenvalue weighted by atomic mass is 15.0. The molecule has 0 bridgehead atoms. The third kappa shape index (κ3) is 4.06. The molecule has 10 aromatic rings. The van der Waals surface area contributed by atoms with E-state index in [1.165, 1.54) is 82.3 Å². The zero-order valence-corrected chi connectivity index (χ0v) is 26.2. The summed E-state index contributed by atoms with van der Waals surface area (Å²) in [6.07, 6.45) is 0. The standard InChI is InChI=1S/C46H30N2/c1-4-14-31(15-5-1)35-24-25-43(38(26-35)32-16-6-2-7-17-32)48-42-23-13-12-22-37(42)40-29-41-39-27-33-18-10-11-19-34(33)28-44(39)47(45(41)30-46(40)48)36-20-8-3-9-21-36/h1-30H. The number of aromatic nitrogens is 2. The molecule has 0 aliphatic carbocycles. The number of rotatable bonds is 4. The molecule has 0 fully saturated rings. The van der Waals surface area contributed by atoms with Crippen LogP contribution >= 0.6 is 0 Å². The van der Waals surface area contributed by atoms with Crippen molar-refractivity contribution in [1.82, 2.24) is 9.13 Å². The molecule has 0 spiro atoms. The average Bonchev–Trinajstić information content (AvgIpc) is 3.65. The van der Waals surface area contributed by atoms with Crippen molar-refractivity contribution in [2.45, 2.75) is 0 Å². The second kappa shape index (κ2) is 10.6. The smallest absolute Gasteiger partial charge is 0.0562 e. The Morgan fingerprint density at radius 2 is 0.854 bits per heavy atom. The van der Waals surface area contributed by atoms with Gasteiger partial charge >= 0.3 is 0 Å². The van der Waals surface area contributed by atoms with Gasteiger partial charge in [0.1, 0.15) is 0 Å². The van der Waals surface area contributed by atoms with Crippen molar-refractivity contribution < 1.29 is 0 Å². The lowest BCUT2D eigenvalue weighted by Gasteiger charge is -2.16. The fourth-order valence-corrected chi connectivity index (χ4v) is 7.67. The van der Waals surface area contributed by atoms with Gasteiger partial charge < -0.3 is 9.13 Å². The van der Waals surface area contributed by atoms with E-state index in [9.17, 15) is 0 Å². The zero-order valence-electron chi connectivity index (χ0n) is 26.2. The second-order valence-corrected chi connectivity index (χ2v) is 12.6. The number of fused-ring (bicyclic) bond motifs is 7. The van der Waals surface area contributed by atoms with Crippen molar-refractivity contribution in [1.29, 1.82) is 0 Å². The van der Waals surface area contributed by atoms with Crippen LogP contribution in [0.15, 0.2) is 182 Å². The molecule has 8 aromatic carbocycles. The second-order valence-electron chi connectivity index (χ2n) is 12.6. The maximum absolute atomic E-state index is 2.48. The van der Waals surface area contributed by atoms with Crippen LogP contribution in [0, 0.1) is 0 Å². The predicted octanol–water partition coefficient (Wildman–Crippen LogP) is 12.4. The number of para-hydroxylation sites is 2. The Morgan fingerprint density at radius 1 is 0.292 bits per heavy atom. The van der Waals surface area contributed by atoms with Crippen molar-refractivity contribution >= 4 is 54.4 Å². The molecule has 0 unspecified atom stereocenters. The maximum atomic E-state index is 2.48. The summed E-state index contributed by atoms with van der Waals surface area (Å²) < 4.78 is 4.92. The highest BCUT2D eigenvalue weighted by Crippen LogP contribution is 2.42. The van der Waals surface area contributed by atoms with Gasteiger partial charge in [-0.15, -0.1) is 0 Å². The number of nitrogens with zero attached hydrogens (tertiary/aromatic N) is 2. The van der Waals surface area contributed by atoms with Crippen LogP contribution in [0.1, 0.15) is 0 Å². The fraction of sp³-hybridized carbons (Fsp3) is 0. The number of benzene rings is 8. The topological polar surface area (TPSA) is 9.86 Å². The van der Waals surface area contributed by atoms with Crippen LogP contribution in [0.3, 0.4) is 0 Å². The van der Waals surface area contributed by atoms with Crippen molar-refractivity contribution in [3.05, 3.63) is 182 Å². The van der Waals surface area contributed by atoms with E-state index in [2.05, 4.69) is 191 Å². The first-order valence-corrected chi connectivity index (χ1v) is 16.5. The van der Waals surface area contributed by atoms with Gasteiger partial charge in [-0.25, -0.2) is 0 Å². The lowest BCUT2D eigenvalue weighted by atomic mass is 9.97. The number of hydrogen-bond donors (Lipinski definition) is 0. The molecular weight excluding hydrogens is 581 g/mol. The molecule has 0 saturated heterocycles. The van der Waals surface area contributed by atoms with Crippen molar-refractivity contribution in [2.75, 3.05) is 0 Å². The predicted molar refractivity (Wildman–Crippen MR) is 203 cm³/mol. The first-order valence-electron chi connectivity index (χ1n) is 16.5. The molecule has 48 heavy (non-hydrogen) atoms. The van der Waals surface area contributed by atoms with Gasteiger partial charge in [0.15, 0.2) is 0 Å². The summed E-state index contributed by atoms with van der Waals surface area (Å²) in [6, 6.07) is 66.3. The molecule has 0 radical (unpaired) electrons. The van der Waals surface area contributed by atoms with E-state index in [1.807, 2.05) is 0 Å². The average molecular weight is 611 g/mol. The van der Waals surface area contributed by atoms with Crippen LogP contribution < -0.4 is 0 Å². The van der Waals surface area contributed by atoms with E-state index in [0.717, 1.165) is 5.69 Å². The van der Waals surface area contributed by atoms with Gasteiger partial charge in [-0.2, -0.15) is 0 Å². The Morgan fingerprint density at radius 3 is 1.62 bits per heavy atom. The fourth-order valence-electron chi connectivity index (χ4n) is 7.67. The van der Waals surface area contributed by atoms with Crippen LogP contribution in [0.2, 0.25) is 0 Å². The molecule has 2 heterocycles. The molecule has 0 amide bonds.